The van der Waals surface area contributed by atoms with Crippen LogP contribution < -0.4 is 9.64 Å². The van der Waals surface area contributed by atoms with Crippen molar-refractivity contribution in [2.75, 3.05) is 11.5 Å². The third-order valence-corrected chi connectivity index (χ3v) is 4.96. The second-order valence-corrected chi connectivity index (χ2v) is 7.45. The minimum atomic E-state index is -0.471. The first-order valence-corrected chi connectivity index (χ1v) is 9.68. The lowest BCUT2D eigenvalue weighted by Crippen LogP contribution is -2.29. The normalized spacial score (nSPS) is 13.3. The van der Waals surface area contributed by atoms with Crippen LogP contribution in [0.3, 0.4) is 0 Å². The summed E-state index contributed by atoms with van der Waals surface area (Å²) in [7, 11) is 0. The number of amides is 1. The van der Waals surface area contributed by atoms with E-state index in [9.17, 15) is 9.59 Å². The van der Waals surface area contributed by atoms with Crippen molar-refractivity contribution in [3.63, 3.8) is 0 Å². The van der Waals surface area contributed by atoms with E-state index in [1.165, 1.54) is 6.42 Å². The van der Waals surface area contributed by atoms with Crippen molar-refractivity contribution >= 4 is 33.3 Å². The number of hydrogen-bond donors (Lipinski definition) is 0. The molecule has 0 unspecified atom stereocenters. The zero-order chi connectivity index (χ0) is 18.7. The Morgan fingerprint density at radius 1 is 1.08 bits per heavy atom. The van der Waals surface area contributed by atoms with Crippen LogP contribution in [0.15, 0.2) is 40.9 Å². The number of ether oxygens (including phenoxy) is 1. The summed E-state index contributed by atoms with van der Waals surface area (Å²) in [6.07, 6.45) is 3.38. The maximum atomic E-state index is 12.4. The van der Waals surface area contributed by atoms with Gasteiger partial charge in [0.05, 0.1) is 24.4 Å². The van der Waals surface area contributed by atoms with E-state index in [0.717, 1.165) is 34.2 Å². The second-order valence-electron chi connectivity index (χ2n) is 6.54. The predicted octanol–water partition coefficient (Wildman–Crippen LogP) is 5.06. The number of aryl methyl sites for hydroxylation is 1. The zero-order valence-corrected chi connectivity index (χ0v) is 16.6. The molecule has 0 spiro atoms. The fraction of sp³-hybridized carbons (Fsp3) is 0.333. The SMILES string of the molecule is CCCCCOc1ccc(CN2C(=O)C(=O)c3cc(Br)cc(C)c32)cc1. The molecule has 4 nitrogen and oxygen atoms in total. The number of unbranched alkanes of at least 4 members (excludes halogenated alkanes) is 2. The van der Waals surface area contributed by atoms with Gasteiger partial charge in [0, 0.05) is 4.47 Å². The molecule has 2 aromatic carbocycles. The predicted molar refractivity (Wildman–Crippen MR) is 106 cm³/mol. The van der Waals surface area contributed by atoms with E-state index < -0.39 is 11.7 Å². The van der Waals surface area contributed by atoms with E-state index in [-0.39, 0.29) is 0 Å². The molecule has 0 fully saturated rings. The van der Waals surface area contributed by atoms with Gasteiger partial charge in [-0.1, -0.05) is 47.8 Å². The lowest BCUT2D eigenvalue weighted by atomic mass is 10.1. The van der Waals surface area contributed by atoms with Gasteiger partial charge in [-0.2, -0.15) is 0 Å². The molecule has 5 heteroatoms. The molecule has 1 heterocycles. The highest BCUT2D eigenvalue weighted by molar-refractivity contribution is 9.10. The van der Waals surface area contributed by atoms with Gasteiger partial charge in [0.25, 0.3) is 11.7 Å². The lowest BCUT2D eigenvalue weighted by molar-refractivity contribution is -0.114. The summed E-state index contributed by atoms with van der Waals surface area (Å²) in [4.78, 5) is 26.3. The Hall–Kier alpha value is -2.14. The van der Waals surface area contributed by atoms with Crippen LogP contribution in [0.1, 0.15) is 47.7 Å². The smallest absolute Gasteiger partial charge is 0.299 e. The largest absolute Gasteiger partial charge is 0.494 e. The fourth-order valence-electron chi connectivity index (χ4n) is 3.17. The number of fused-ring (bicyclic) bond motifs is 1. The van der Waals surface area contributed by atoms with Crippen molar-refractivity contribution in [3.8, 4) is 5.75 Å². The quantitative estimate of drug-likeness (QED) is 0.469. The van der Waals surface area contributed by atoms with E-state index >= 15 is 0 Å². The summed E-state index contributed by atoms with van der Waals surface area (Å²) in [6.45, 7) is 5.16. The zero-order valence-electron chi connectivity index (χ0n) is 15.0. The second kappa shape index (κ2) is 8.04. The van der Waals surface area contributed by atoms with Gasteiger partial charge in [-0.25, -0.2) is 0 Å². The number of carbonyl (C=O) groups is 2. The Morgan fingerprint density at radius 3 is 2.50 bits per heavy atom. The van der Waals surface area contributed by atoms with Gasteiger partial charge in [-0.15, -0.1) is 0 Å². The van der Waals surface area contributed by atoms with Crippen molar-refractivity contribution in [2.45, 2.75) is 39.7 Å². The molecule has 0 N–H and O–H groups in total. The third-order valence-electron chi connectivity index (χ3n) is 4.50. The highest BCUT2D eigenvalue weighted by Gasteiger charge is 2.37. The third kappa shape index (κ3) is 3.83. The van der Waals surface area contributed by atoms with Gasteiger partial charge in [-0.3, -0.25) is 9.59 Å². The van der Waals surface area contributed by atoms with Gasteiger partial charge < -0.3 is 9.64 Å². The minimum absolute atomic E-state index is 0.371. The first-order chi connectivity index (χ1) is 12.5. The Kier molecular flexibility index (Phi) is 5.77. The molecule has 1 amide bonds. The average molecular weight is 416 g/mol. The van der Waals surface area contributed by atoms with E-state index in [2.05, 4.69) is 22.9 Å². The Morgan fingerprint density at radius 2 is 1.81 bits per heavy atom. The lowest BCUT2D eigenvalue weighted by Gasteiger charge is -2.19. The van der Waals surface area contributed by atoms with Crippen molar-refractivity contribution in [2.24, 2.45) is 0 Å². The van der Waals surface area contributed by atoms with Crippen molar-refractivity contribution in [1.29, 1.82) is 0 Å². The molecule has 0 radical (unpaired) electrons. The Bertz CT molecular complexity index is 830. The summed E-state index contributed by atoms with van der Waals surface area (Å²) in [5.74, 6) is -0.0874. The molecular weight excluding hydrogens is 394 g/mol. The molecule has 0 aromatic heterocycles. The van der Waals surface area contributed by atoms with Gasteiger partial charge in [0.1, 0.15) is 5.75 Å². The topological polar surface area (TPSA) is 46.6 Å². The molecule has 0 atom stereocenters. The highest BCUT2D eigenvalue weighted by atomic mass is 79.9. The number of halogens is 1. The van der Waals surface area contributed by atoms with Gasteiger partial charge in [-0.05, 0) is 48.7 Å². The molecule has 1 aliphatic rings. The van der Waals surface area contributed by atoms with E-state index in [1.54, 1.807) is 11.0 Å². The van der Waals surface area contributed by atoms with Crippen LogP contribution in [-0.2, 0) is 11.3 Å². The summed E-state index contributed by atoms with van der Waals surface area (Å²) in [5.41, 5.74) is 3.05. The number of Topliss-reactive ketones (excluding diaryl/α,β-unsaturated/α-hetero) is 1. The molecular formula is C21H22BrNO3. The minimum Gasteiger partial charge on any atom is -0.494 e. The summed E-state index contributed by atoms with van der Waals surface area (Å²) < 4.78 is 6.53. The van der Waals surface area contributed by atoms with E-state index in [1.807, 2.05) is 37.3 Å². The number of ketones is 1. The van der Waals surface area contributed by atoms with Crippen LogP contribution in [0.5, 0.6) is 5.75 Å². The Labute approximate surface area is 162 Å². The molecule has 0 saturated heterocycles. The van der Waals surface area contributed by atoms with Gasteiger partial charge >= 0.3 is 0 Å². The molecule has 3 rings (SSSR count). The van der Waals surface area contributed by atoms with Crippen LogP contribution in [0.2, 0.25) is 0 Å². The van der Waals surface area contributed by atoms with Crippen LogP contribution in [0, 0.1) is 6.92 Å². The number of rotatable bonds is 7. The maximum Gasteiger partial charge on any atom is 0.299 e. The van der Waals surface area contributed by atoms with Crippen LogP contribution in [-0.4, -0.2) is 18.3 Å². The molecule has 136 valence electrons. The number of hydrogen-bond acceptors (Lipinski definition) is 3. The summed E-state index contributed by atoms with van der Waals surface area (Å²) >= 11 is 3.39. The monoisotopic (exact) mass is 415 g/mol. The maximum absolute atomic E-state index is 12.4. The number of carbonyl (C=O) groups excluding carboxylic acids is 2. The van der Waals surface area contributed by atoms with Crippen molar-refractivity contribution in [1.82, 2.24) is 0 Å². The number of nitrogens with zero attached hydrogens (tertiary/aromatic N) is 1. The number of benzene rings is 2. The summed E-state index contributed by atoms with van der Waals surface area (Å²) in [6, 6.07) is 11.4. The van der Waals surface area contributed by atoms with E-state index in [0.29, 0.717) is 24.4 Å². The Balaban J connectivity index is 1.74. The van der Waals surface area contributed by atoms with Crippen LogP contribution >= 0.6 is 15.9 Å². The summed E-state index contributed by atoms with van der Waals surface area (Å²) in [5, 5.41) is 0. The van der Waals surface area contributed by atoms with Crippen LogP contribution in [0.25, 0.3) is 0 Å². The van der Waals surface area contributed by atoms with Crippen LogP contribution in [0.4, 0.5) is 5.69 Å². The molecule has 0 bridgehead atoms. The average Bonchev–Trinajstić information content (AvgIpc) is 2.85. The van der Waals surface area contributed by atoms with Gasteiger partial charge in [0.2, 0.25) is 0 Å². The van der Waals surface area contributed by atoms with Crippen molar-refractivity contribution in [3.05, 3.63) is 57.6 Å². The first kappa shape index (κ1) is 18.6. The van der Waals surface area contributed by atoms with E-state index in [4.69, 9.17) is 4.74 Å². The first-order valence-electron chi connectivity index (χ1n) is 8.89. The van der Waals surface area contributed by atoms with Gasteiger partial charge in [0.15, 0.2) is 0 Å². The standard InChI is InChI=1S/C21H22BrNO3/c1-3-4-5-10-26-17-8-6-15(7-9-17)13-23-19-14(2)11-16(22)12-18(19)20(24)21(23)25/h6-9,11-12H,3-5,10,13H2,1-2H3. The molecule has 0 aliphatic carbocycles. The molecule has 1 aliphatic heterocycles. The number of anilines is 1. The van der Waals surface area contributed by atoms with Crippen molar-refractivity contribution < 1.29 is 14.3 Å². The highest BCUT2D eigenvalue weighted by Crippen LogP contribution is 2.36. The fourth-order valence-corrected chi connectivity index (χ4v) is 3.75. The molecule has 0 saturated carbocycles. The molecule has 2 aromatic rings. The molecule has 26 heavy (non-hydrogen) atoms.